The third kappa shape index (κ3) is 4.76. The summed E-state index contributed by atoms with van der Waals surface area (Å²) in [6, 6.07) is 14.7. The molecule has 0 bridgehead atoms. The molecule has 0 spiro atoms. The molecule has 0 aliphatic carbocycles. The number of unbranched alkanes of at least 4 members (excludes halogenated alkanes) is 1. The van der Waals surface area contributed by atoms with Crippen molar-refractivity contribution in [3.8, 4) is 22.4 Å². The van der Waals surface area contributed by atoms with Gasteiger partial charge in [0.25, 0.3) is 0 Å². The molecule has 31 heavy (non-hydrogen) atoms. The largest absolute Gasteiger partial charge is 0.370 e. The molecule has 3 heterocycles. The molecular weight excluding hydrogens is 387 g/mol. The van der Waals surface area contributed by atoms with E-state index in [1.54, 1.807) is 24.5 Å². The normalized spacial score (nSPS) is 12.2. The maximum atomic E-state index is 13.5. The maximum Gasteiger partial charge on any atom is 0.140 e. The van der Waals surface area contributed by atoms with Gasteiger partial charge in [-0.1, -0.05) is 33.1 Å². The van der Waals surface area contributed by atoms with Crippen molar-refractivity contribution >= 4 is 16.9 Å². The highest BCUT2D eigenvalue weighted by atomic mass is 19.1. The van der Waals surface area contributed by atoms with Gasteiger partial charge in [0.05, 0.1) is 5.69 Å². The van der Waals surface area contributed by atoms with E-state index in [0.717, 1.165) is 45.8 Å². The van der Waals surface area contributed by atoms with E-state index in [4.69, 9.17) is 4.98 Å². The third-order valence-electron chi connectivity index (χ3n) is 5.88. The van der Waals surface area contributed by atoms with Crippen molar-refractivity contribution < 1.29 is 4.39 Å². The van der Waals surface area contributed by atoms with Gasteiger partial charge in [-0.15, -0.1) is 0 Å². The van der Waals surface area contributed by atoms with Gasteiger partial charge in [0, 0.05) is 29.9 Å². The summed E-state index contributed by atoms with van der Waals surface area (Å²) >= 11 is 0. The Balaban J connectivity index is 1.70. The minimum Gasteiger partial charge on any atom is -0.370 e. The fourth-order valence-corrected chi connectivity index (χ4v) is 4.01. The molecule has 3 aromatic heterocycles. The molecular formula is C26H29FN4. The first-order valence-corrected chi connectivity index (χ1v) is 11.1. The number of anilines is 1. The molecule has 0 saturated carbocycles. The molecule has 160 valence electrons. The number of benzene rings is 1. The molecule has 4 nitrogen and oxygen atoms in total. The molecule has 0 fully saturated rings. The molecule has 0 aliphatic rings. The van der Waals surface area contributed by atoms with Crippen LogP contribution in [-0.4, -0.2) is 21.5 Å². The molecule has 0 radical (unpaired) electrons. The summed E-state index contributed by atoms with van der Waals surface area (Å²) in [4.78, 5) is 12.5. The summed E-state index contributed by atoms with van der Waals surface area (Å²) in [5.41, 5.74) is 4.77. The predicted molar refractivity (Wildman–Crippen MR) is 127 cm³/mol. The SMILES string of the molecule is CCCCC(CC)CNc1ccc2c(-c3ccncc3)c(-c3ccc(F)cc3)[nH]c2n1. The van der Waals surface area contributed by atoms with Gasteiger partial charge < -0.3 is 10.3 Å². The van der Waals surface area contributed by atoms with Crippen molar-refractivity contribution in [3.63, 3.8) is 0 Å². The van der Waals surface area contributed by atoms with E-state index in [1.807, 2.05) is 18.2 Å². The van der Waals surface area contributed by atoms with Crippen molar-refractivity contribution in [1.29, 1.82) is 0 Å². The zero-order valence-electron chi connectivity index (χ0n) is 18.2. The fourth-order valence-electron chi connectivity index (χ4n) is 4.01. The molecule has 4 aromatic rings. The number of nitrogens with zero attached hydrogens (tertiary/aromatic N) is 2. The van der Waals surface area contributed by atoms with Crippen LogP contribution in [0.15, 0.2) is 60.9 Å². The van der Waals surface area contributed by atoms with E-state index in [9.17, 15) is 4.39 Å². The first kappa shape index (κ1) is 21.0. The molecule has 0 amide bonds. The number of H-pyrrole nitrogens is 1. The zero-order chi connectivity index (χ0) is 21.6. The lowest BCUT2D eigenvalue weighted by molar-refractivity contribution is 0.472. The number of aromatic nitrogens is 3. The Morgan fingerprint density at radius 2 is 1.74 bits per heavy atom. The number of halogens is 1. The van der Waals surface area contributed by atoms with Crippen molar-refractivity contribution in [3.05, 3.63) is 66.7 Å². The molecule has 1 aromatic carbocycles. The smallest absolute Gasteiger partial charge is 0.140 e. The Bertz CT molecular complexity index is 1120. The quantitative estimate of drug-likeness (QED) is 0.307. The fraction of sp³-hybridized carbons (Fsp3) is 0.308. The van der Waals surface area contributed by atoms with Crippen LogP contribution < -0.4 is 5.32 Å². The van der Waals surface area contributed by atoms with E-state index in [2.05, 4.69) is 35.2 Å². The van der Waals surface area contributed by atoms with Gasteiger partial charge in [0.15, 0.2) is 0 Å². The Morgan fingerprint density at radius 3 is 2.45 bits per heavy atom. The highest BCUT2D eigenvalue weighted by molar-refractivity contribution is 6.02. The molecule has 2 N–H and O–H groups in total. The molecule has 0 aliphatic heterocycles. The van der Waals surface area contributed by atoms with Crippen LogP contribution in [0.25, 0.3) is 33.4 Å². The highest BCUT2D eigenvalue weighted by Crippen LogP contribution is 2.38. The number of fused-ring (bicyclic) bond motifs is 1. The lowest BCUT2D eigenvalue weighted by Gasteiger charge is -2.15. The Morgan fingerprint density at radius 1 is 0.968 bits per heavy atom. The minimum atomic E-state index is -0.247. The molecule has 1 unspecified atom stereocenters. The molecule has 4 rings (SSSR count). The second kappa shape index (κ2) is 9.73. The summed E-state index contributed by atoms with van der Waals surface area (Å²) in [5, 5.41) is 4.56. The van der Waals surface area contributed by atoms with Crippen molar-refractivity contribution in [2.24, 2.45) is 5.92 Å². The van der Waals surface area contributed by atoms with Crippen LogP contribution in [0.1, 0.15) is 39.5 Å². The van der Waals surface area contributed by atoms with Crippen LogP contribution in [0.2, 0.25) is 0 Å². The third-order valence-corrected chi connectivity index (χ3v) is 5.88. The minimum absolute atomic E-state index is 0.247. The van der Waals surface area contributed by atoms with Crippen LogP contribution in [0.4, 0.5) is 10.2 Å². The van der Waals surface area contributed by atoms with Gasteiger partial charge >= 0.3 is 0 Å². The second-order valence-corrected chi connectivity index (χ2v) is 8.01. The van der Waals surface area contributed by atoms with Crippen LogP contribution >= 0.6 is 0 Å². The number of hydrogen-bond acceptors (Lipinski definition) is 3. The number of rotatable bonds is 9. The van der Waals surface area contributed by atoms with E-state index in [1.165, 1.54) is 37.8 Å². The van der Waals surface area contributed by atoms with Crippen LogP contribution in [0.5, 0.6) is 0 Å². The van der Waals surface area contributed by atoms with Gasteiger partial charge in [-0.25, -0.2) is 9.37 Å². The van der Waals surface area contributed by atoms with Crippen LogP contribution in [-0.2, 0) is 0 Å². The van der Waals surface area contributed by atoms with Gasteiger partial charge in [-0.2, -0.15) is 0 Å². The summed E-state index contributed by atoms with van der Waals surface area (Å²) in [6.07, 6.45) is 8.47. The molecule has 5 heteroatoms. The van der Waals surface area contributed by atoms with Gasteiger partial charge in [0.1, 0.15) is 17.3 Å². The lowest BCUT2D eigenvalue weighted by Crippen LogP contribution is -2.14. The first-order chi connectivity index (χ1) is 15.2. The standard InChI is InChI=1S/C26H29FN4/c1-3-5-6-18(4-2)17-29-23-12-11-22-24(19-13-15-28-16-14-19)25(31-26(22)30-23)20-7-9-21(27)10-8-20/h7-16,18H,3-6,17H2,1-2H3,(H2,29,30,31). The van der Waals surface area contributed by atoms with E-state index < -0.39 is 0 Å². The molecule has 0 saturated heterocycles. The van der Waals surface area contributed by atoms with E-state index in [-0.39, 0.29) is 5.82 Å². The number of nitrogens with one attached hydrogen (secondary N) is 2. The van der Waals surface area contributed by atoms with Crippen LogP contribution in [0, 0.1) is 11.7 Å². The second-order valence-electron chi connectivity index (χ2n) is 8.01. The number of aromatic amines is 1. The summed E-state index contributed by atoms with van der Waals surface area (Å²) in [7, 11) is 0. The highest BCUT2D eigenvalue weighted by Gasteiger charge is 2.17. The number of hydrogen-bond donors (Lipinski definition) is 2. The number of pyridine rings is 2. The summed E-state index contributed by atoms with van der Waals surface area (Å²) in [5.74, 6) is 1.28. The monoisotopic (exact) mass is 416 g/mol. The van der Waals surface area contributed by atoms with Crippen molar-refractivity contribution in [1.82, 2.24) is 15.0 Å². The van der Waals surface area contributed by atoms with Gasteiger partial charge in [0.2, 0.25) is 0 Å². The van der Waals surface area contributed by atoms with Gasteiger partial charge in [-0.05, 0) is 72.0 Å². The summed E-state index contributed by atoms with van der Waals surface area (Å²) < 4.78 is 13.5. The van der Waals surface area contributed by atoms with Crippen LogP contribution in [0.3, 0.4) is 0 Å². The van der Waals surface area contributed by atoms with Crippen molar-refractivity contribution in [2.75, 3.05) is 11.9 Å². The Labute approximate surface area is 183 Å². The van der Waals surface area contributed by atoms with E-state index in [0.29, 0.717) is 5.92 Å². The van der Waals surface area contributed by atoms with Gasteiger partial charge in [-0.3, -0.25) is 4.98 Å². The lowest BCUT2D eigenvalue weighted by atomic mass is 9.99. The maximum absolute atomic E-state index is 13.5. The Hall–Kier alpha value is -3.21. The topological polar surface area (TPSA) is 53.6 Å². The molecule has 1 atom stereocenters. The average Bonchev–Trinajstić information content (AvgIpc) is 3.19. The van der Waals surface area contributed by atoms with E-state index >= 15 is 0 Å². The van der Waals surface area contributed by atoms with Crippen molar-refractivity contribution in [2.45, 2.75) is 39.5 Å². The first-order valence-electron chi connectivity index (χ1n) is 11.1. The predicted octanol–water partition coefficient (Wildman–Crippen LogP) is 7.06. The zero-order valence-corrected chi connectivity index (χ0v) is 18.2. The average molecular weight is 417 g/mol. The summed E-state index contributed by atoms with van der Waals surface area (Å²) in [6.45, 7) is 5.41. The Kier molecular flexibility index (Phi) is 6.60.